The number of H-pyrrole nitrogens is 1. The van der Waals surface area contributed by atoms with Crippen LogP contribution in [-0.2, 0) is 6.42 Å². The molecule has 6 heterocycles. The second-order valence-electron chi connectivity index (χ2n) is 6.73. The third-order valence-corrected chi connectivity index (χ3v) is 4.95. The van der Waals surface area contributed by atoms with Gasteiger partial charge in [-0.15, -0.1) is 0 Å². The minimum atomic E-state index is 0.810. The first-order valence-corrected chi connectivity index (χ1v) is 11.8. The number of ether oxygens (including phenoxy) is 1. The lowest BCUT2D eigenvalue weighted by molar-refractivity contribution is 0.357. The van der Waals surface area contributed by atoms with Crippen LogP contribution in [0.2, 0.25) is 0 Å². The van der Waals surface area contributed by atoms with E-state index in [9.17, 15) is 0 Å². The highest BCUT2D eigenvalue weighted by atomic mass is 32.1. The van der Waals surface area contributed by atoms with Gasteiger partial charge in [0.05, 0.1) is 19.1 Å². The van der Waals surface area contributed by atoms with Gasteiger partial charge >= 0.3 is 0 Å². The smallest absolute Gasteiger partial charge is 0.159 e. The highest BCUT2D eigenvalue weighted by molar-refractivity contribution is 7.07. The Balaban J connectivity index is 0.000000124. The van der Waals surface area contributed by atoms with Crippen LogP contribution in [0, 0.1) is 0 Å². The maximum absolute atomic E-state index is 5.30. The summed E-state index contributed by atoms with van der Waals surface area (Å²) in [4.78, 5) is 11.0. The lowest BCUT2D eigenvalue weighted by Gasteiger charge is -1.93. The van der Waals surface area contributed by atoms with Gasteiger partial charge in [0.1, 0.15) is 5.75 Å². The van der Waals surface area contributed by atoms with E-state index in [0.717, 1.165) is 29.8 Å². The Labute approximate surface area is 203 Å². The van der Waals surface area contributed by atoms with E-state index < -0.39 is 0 Å². The Morgan fingerprint density at radius 1 is 0.706 bits per heavy atom. The molecule has 7 rings (SSSR count). The van der Waals surface area contributed by atoms with Gasteiger partial charge in [-0.25, -0.2) is 9.97 Å². The van der Waals surface area contributed by atoms with Crippen LogP contribution in [0.3, 0.4) is 0 Å². The second kappa shape index (κ2) is 15.6. The standard InChI is InChI=1S/C8H6N2.C8H8O.C4H5N.C4H4O.C4H4S/c1-3-7-4-2-6-10-8(7)9-5-1;1-2-4-8-7(3-1)5-6-9-8;3*1-2-4-5-3-1/h1-6H;1-4H,5-6H2;1-5H;2*1-4H. The van der Waals surface area contributed by atoms with Crippen LogP contribution >= 0.6 is 11.3 Å². The van der Waals surface area contributed by atoms with Crippen molar-refractivity contribution in [1.29, 1.82) is 0 Å². The largest absolute Gasteiger partial charge is 0.493 e. The predicted molar refractivity (Wildman–Crippen MR) is 139 cm³/mol. The van der Waals surface area contributed by atoms with Gasteiger partial charge < -0.3 is 14.1 Å². The molecule has 5 nitrogen and oxygen atoms in total. The van der Waals surface area contributed by atoms with Crippen molar-refractivity contribution in [3.8, 4) is 5.75 Å². The Kier molecular flexibility index (Phi) is 11.2. The lowest BCUT2D eigenvalue weighted by atomic mass is 10.2. The molecule has 6 heteroatoms. The average molecular weight is 470 g/mol. The molecule has 1 aliphatic heterocycles. The summed E-state index contributed by atoms with van der Waals surface area (Å²) in [5, 5.41) is 5.17. The Bertz CT molecular complexity index is 1040. The Morgan fingerprint density at radius 3 is 1.85 bits per heavy atom. The topological polar surface area (TPSA) is 63.9 Å². The van der Waals surface area contributed by atoms with Gasteiger partial charge in [0.2, 0.25) is 0 Å². The van der Waals surface area contributed by atoms with Gasteiger partial charge in [-0.05, 0) is 70.9 Å². The van der Waals surface area contributed by atoms with Crippen molar-refractivity contribution in [2.24, 2.45) is 0 Å². The summed E-state index contributed by atoms with van der Waals surface area (Å²) >= 11 is 1.71. The molecule has 0 saturated carbocycles. The molecule has 1 N–H and O–H groups in total. The summed E-state index contributed by atoms with van der Waals surface area (Å²) in [5.74, 6) is 1.07. The van der Waals surface area contributed by atoms with Gasteiger partial charge in [-0.1, -0.05) is 30.3 Å². The van der Waals surface area contributed by atoms with Crippen molar-refractivity contribution in [1.82, 2.24) is 15.0 Å². The van der Waals surface area contributed by atoms with Crippen LogP contribution in [-0.4, -0.2) is 21.6 Å². The van der Waals surface area contributed by atoms with E-state index in [2.05, 4.69) is 25.4 Å². The molecule has 0 spiro atoms. The quantitative estimate of drug-likeness (QED) is 0.254. The van der Waals surface area contributed by atoms with E-state index >= 15 is 0 Å². The van der Waals surface area contributed by atoms with E-state index in [4.69, 9.17) is 4.74 Å². The maximum Gasteiger partial charge on any atom is 0.159 e. The van der Waals surface area contributed by atoms with Crippen LogP contribution < -0.4 is 4.74 Å². The normalized spacial score (nSPS) is 10.4. The molecule has 0 fully saturated rings. The van der Waals surface area contributed by atoms with Gasteiger partial charge in [0.25, 0.3) is 0 Å². The van der Waals surface area contributed by atoms with Crippen LogP contribution in [0.1, 0.15) is 5.56 Å². The number of fused-ring (bicyclic) bond motifs is 2. The third kappa shape index (κ3) is 9.54. The molecule has 0 saturated heterocycles. The van der Waals surface area contributed by atoms with Crippen molar-refractivity contribution in [3.63, 3.8) is 0 Å². The number of rotatable bonds is 0. The Morgan fingerprint density at radius 2 is 1.38 bits per heavy atom. The van der Waals surface area contributed by atoms with Crippen LogP contribution in [0.5, 0.6) is 5.75 Å². The monoisotopic (exact) mass is 469 g/mol. The van der Waals surface area contributed by atoms with E-state index in [-0.39, 0.29) is 0 Å². The number of nitrogens with one attached hydrogen (secondary N) is 1. The predicted octanol–water partition coefficient (Wildman–Crippen LogP) is 7.29. The molecule has 0 radical (unpaired) electrons. The number of thiophene rings is 1. The fraction of sp³-hybridized carbons (Fsp3) is 0.0714. The summed E-state index contributed by atoms with van der Waals surface area (Å²) in [5.41, 5.74) is 2.16. The molecule has 1 aliphatic rings. The fourth-order valence-electron chi connectivity index (χ4n) is 2.76. The van der Waals surface area contributed by atoms with E-state index in [1.165, 1.54) is 5.56 Å². The molecule has 5 aromatic heterocycles. The fourth-order valence-corrected chi connectivity index (χ4v) is 3.21. The number of hydrogen-bond donors (Lipinski definition) is 1. The van der Waals surface area contributed by atoms with Crippen molar-refractivity contribution in [2.45, 2.75) is 6.42 Å². The highest BCUT2D eigenvalue weighted by Gasteiger charge is 2.08. The maximum atomic E-state index is 5.30. The number of pyridine rings is 2. The third-order valence-electron chi connectivity index (χ3n) is 4.32. The molecule has 0 aliphatic carbocycles. The van der Waals surface area contributed by atoms with Crippen molar-refractivity contribution in [2.75, 3.05) is 6.61 Å². The molecule has 172 valence electrons. The number of furan rings is 1. The summed E-state index contributed by atoms with van der Waals surface area (Å²) < 4.78 is 9.88. The molecule has 34 heavy (non-hydrogen) atoms. The highest BCUT2D eigenvalue weighted by Crippen LogP contribution is 2.23. The number of benzene rings is 1. The number of aromatic amines is 1. The van der Waals surface area contributed by atoms with Gasteiger partial charge in [0.15, 0.2) is 5.65 Å². The van der Waals surface area contributed by atoms with Gasteiger partial charge in [-0.2, -0.15) is 11.3 Å². The number of para-hydroxylation sites is 1. The molecule has 6 aromatic rings. The van der Waals surface area contributed by atoms with E-state index in [1.807, 2.05) is 102 Å². The van der Waals surface area contributed by atoms with E-state index in [1.54, 1.807) is 36.3 Å². The van der Waals surface area contributed by atoms with Crippen LogP contribution in [0.25, 0.3) is 11.0 Å². The Hall–Kier alpha value is -4.16. The second-order valence-corrected chi connectivity index (χ2v) is 7.55. The minimum absolute atomic E-state index is 0.810. The van der Waals surface area contributed by atoms with Crippen molar-refractivity contribution < 1.29 is 9.15 Å². The lowest BCUT2D eigenvalue weighted by Crippen LogP contribution is -1.85. The minimum Gasteiger partial charge on any atom is -0.493 e. The number of nitrogens with zero attached hydrogens (tertiary/aromatic N) is 2. The van der Waals surface area contributed by atoms with E-state index in [0.29, 0.717) is 0 Å². The number of hydrogen-bond acceptors (Lipinski definition) is 5. The molecular formula is C28H27N3O2S. The summed E-state index contributed by atoms with van der Waals surface area (Å²) in [6.07, 6.45) is 11.6. The van der Waals surface area contributed by atoms with Gasteiger partial charge in [-0.3, -0.25) is 0 Å². The molecule has 0 amide bonds. The zero-order valence-electron chi connectivity index (χ0n) is 18.7. The van der Waals surface area contributed by atoms with Crippen LogP contribution in [0.4, 0.5) is 0 Å². The molecular weight excluding hydrogens is 442 g/mol. The summed E-state index contributed by atoms with van der Waals surface area (Å²) in [6.45, 7) is 0.860. The summed E-state index contributed by atoms with van der Waals surface area (Å²) in [6, 6.07) is 27.6. The first-order chi connectivity index (χ1) is 16.9. The van der Waals surface area contributed by atoms with Gasteiger partial charge in [0, 0.05) is 36.6 Å². The van der Waals surface area contributed by atoms with Crippen LogP contribution in [0.15, 0.2) is 137 Å². The summed E-state index contributed by atoms with van der Waals surface area (Å²) in [7, 11) is 0. The van der Waals surface area contributed by atoms with Crippen molar-refractivity contribution >= 4 is 22.4 Å². The molecule has 0 bridgehead atoms. The average Bonchev–Trinajstić information content (AvgIpc) is 3.73. The first kappa shape index (κ1) is 24.5. The first-order valence-electron chi connectivity index (χ1n) is 10.8. The zero-order chi connectivity index (χ0) is 23.5. The zero-order valence-corrected chi connectivity index (χ0v) is 19.6. The molecule has 1 aromatic carbocycles. The van der Waals surface area contributed by atoms with Crippen molar-refractivity contribution in [3.05, 3.63) is 139 Å². The molecule has 0 atom stereocenters. The number of aromatic nitrogens is 3. The molecule has 0 unspecified atom stereocenters. The SMILES string of the molecule is c1cc[nH]c1.c1ccc2c(c1)CCO2.c1ccoc1.c1ccsc1.c1cnc2ncccc2c1.